The van der Waals surface area contributed by atoms with Crippen molar-refractivity contribution in [2.24, 2.45) is 0 Å². The summed E-state index contributed by atoms with van der Waals surface area (Å²) in [7, 11) is 1.53. The largest absolute Gasteiger partial charge is 0.495 e. The Bertz CT molecular complexity index is 1000. The first-order valence-corrected chi connectivity index (χ1v) is 9.14. The molecule has 0 bridgehead atoms. The normalized spacial score (nSPS) is 10.3. The van der Waals surface area contributed by atoms with Crippen LogP contribution in [0, 0.1) is 5.82 Å². The summed E-state index contributed by atoms with van der Waals surface area (Å²) in [6.07, 6.45) is 0.401. The molecule has 5 nitrogen and oxygen atoms in total. The zero-order valence-corrected chi connectivity index (χ0v) is 15.9. The maximum atomic E-state index is 13.6. The summed E-state index contributed by atoms with van der Waals surface area (Å²) in [5.74, 6) is -0.308. The molecule has 0 aliphatic carbocycles. The molecule has 0 heterocycles. The monoisotopic (exact) mass is 392 g/mol. The standard InChI is InChI=1S/C23H21FN2O3/c1-29-21-9-5-4-8-20(21)26-23(28)18-12-10-17(11-13-18)22(27)25-15-14-16-6-2-3-7-19(16)24/h2-13H,14-15H2,1H3,(H,25,27)(H,26,28). The van der Waals surface area contributed by atoms with E-state index in [-0.39, 0.29) is 17.6 Å². The third kappa shape index (κ3) is 5.19. The van der Waals surface area contributed by atoms with E-state index in [1.54, 1.807) is 60.7 Å². The first-order valence-electron chi connectivity index (χ1n) is 9.14. The number of carbonyl (C=O) groups is 2. The number of carbonyl (C=O) groups excluding carboxylic acids is 2. The predicted molar refractivity (Wildman–Crippen MR) is 110 cm³/mol. The summed E-state index contributed by atoms with van der Waals surface area (Å²) in [4.78, 5) is 24.7. The van der Waals surface area contributed by atoms with Crippen molar-refractivity contribution >= 4 is 17.5 Å². The number of amides is 2. The summed E-state index contributed by atoms with van der Waals surface area (Å²) in [6, 6.07) is 19.9. The van der Waals surface area contributed by atoms with Gasteiger partial charge in [-0.25, -0.2) is 4.39 Å². The van der Waals surface area contributed by atoms with E-state index in [1.165, 1.54) is 13.2 Å². The fourth-order valence-corrected chi connectivity index (χ4v) is 2.83. The van der Waals surface area contributed by atoms with Crippen LogP contribution < -0.4 is 15.4 Å². The van der Waals surface area contributed by atoms with Crippen molar-refractivity contribution in [1.82, 2.24) is 5.32 Å². The van der Waals surface area contributed by atoms with Crippen LogP contribution in [0.4, 0.5) is 10.1 Å². The molecule has 6 heteroatoms. The maximum Gasteiger partial charge on any atom is 0.255 e. The number of hydrogen-bond donors (Lipinski definition) is 2. The zero-order valence-electron chi connectivity index (χ0n) is 15.9. The SMILES string of the molecule is COc1ccccc1NC(=O)c1ccc(C(=O)NCCc2ccccc2F)cc1. The Hall–Kier alpha value is -3.67. The number of rotatable bonds is 7. The van der Waals surface area contributed by atoms with E-state index in [2.05, 4.69) is 10.6 Å². The molecular weight excluding hydrogens is 371 g/mol. The third-order valence-corrected chi connectivity index (χ3v) is 4.40. The van der Waals surface area contributed by atoms with Gasteiger partial charge >= 0.3 is 0 Å². The molecule has 3 rings (SSSR count). The van der Waals surface area contributed by atoms with E-state index in [0.717, 1.165) is 0 Å². The van der Waals surface area contributed by atoms with Crippen molar-refractivity contribution in [3.05, 3.63) is 95.3 Å². The Labute approximate surface area is 168 Å². The van der Waals surface area contributed by atoms with Gasteiger partial charge in [-0.05, 0) is 54.4 Å². The molecule has 0 saturated heterocycles. The van der Waals surface area contributed by atoms with Gasteiger partial charge in [0.2, 0.25) is 0 Å². The molecule has 3 aromatic rings. The number of hydrogen-bond acceptors (Lipinski definition) is 3. The Morgan fingerprint density at radius 1 is 0.862 bits per heavy atom. The van der Waals surface area contributed by atoms with E-state index < -0.39 is 0 Å². The highest BCUT2D eigenvalue weighted by molar-refractivity contribution is 6.05. The lowest BCUT2D eigenvalue weighted by atomic mass is 10.1. The lowest BCUT2D eigenvalue weighted by molar-refractivity contribution is 0.0952. The molecule has 0 atom stereocenters. The topological polar surface area (TPSA) is 67.4 Å². The smallest absolute Gasteiger partial charge is 0.255 e. The van der Waals surface area contributed by atoms with Gasteiger partial charge in [-0.1, -0.05) is 30.3 Å². The Kier molecular flexibility index (Phi) is 6.58. The minimum Gasteiger partial charge on any atom is -0.495 e. The van der Waals surface area contributed by atoms with Gasteiger partial charge in [-0.2, -0.15) is 0 Å². The second-order valence-electron chi connectivity index (χ2n) is 6.33. The van der Waals surface area contributed by atoms with Crippen LogP contribution in [0.1, 0.15) is 26.3 Å². The summed E-state index contributed by atoms with van der Waals surface area (Å²) >= 11 is 0. The van der Waals surface area contributed by atoms with Gasteiger partial charge in [0.25, 0.3) is 11.8 Å². The van der Waals surface area contributed by atoms with E-state index in [4.69, 9.17) is 4.74 Å². The van der Waals surface area contributed by atoms with Gasteiger partial charge in [0, 0.05) is 17.7 Å². The number of ether oxygens (including phenoxy) is 1. The van der Waals surface area contributed by atoms with Gasteiger partial charge in [-0.3, -0.25) is 9.59 Å². The van der Waals surface area contributed by atoms with Crippen molar-refractivity contribution in [3.63, 3.8) is 0 Å². The molecule has 0 radical (unpaired) electrons. The Morgan fingerprint density at radius 3 is 2.17 bits per heavy atom. The van der Waals surface area contributed by atoms with Crippen LogP contribution in [-0.2, 0) is 6.42 Å². The molecule has 0 aliphatic heterocycles. The van der Waals surface area contributed by atoms with Crippen molar-refractivity contribution in [3.8, 4) is 5.75 Å². The van der Waals surface area contributed by atoms with Gasteiger partial charge in [0.15, 0.2) is 0 Å². The number of halogens is 1. The van der Waals surface area contributed by atoms with Crippen molar-refractivity contribution in [2.75, 3.05) is 19.0 Å². The number of methoxy groups -OCH3 is 1. The first kappa shape index (κ1) is 20.1. The van der Waals surface area contributed by atoms with Crippen molar-refractivity contribution < 1.29 is 18.7 Å². The van der Waals surface area contributed by atoms with Gasteiger partial charge < -0.3 is 15.4 Å². The molecule has 0 unspecified atom stereocenters. The number of benzene rings is 3. The fraction of sp³-hybridized carbons (Fsp3) is 0.130. The van der Waals surface area contributed by atoms with Crippen LogP contribution in [0.5, 0.6) is 5.75 Å². The molecule has 0 aromatic heterocycles. The van der Waals surface area contributed by atoms with E-state index in [1.807, 2.05) is 6.07 Å². The van der Waals surface area contributed by atoms with E-state index in [0.29, 0.717) is 41.1 Å². The third-order valence-electron chi connectivity index (χ3n) is 4.40. The number of anilines is 1. The van der Waals surface area contributed by atoms with E-state index in [9.17, 15) is 14.0 Å². The van der Waals surface area contributed by atoms with Crippen LogP contribution in [0.3, 0.4) is 0 Å². The molecular formula is C23H21FN2O3. The average molecular weight is 392 g/mol. The quantitative estimate of drug-likeness (QED) is 0.637. The average Bonchev–Trinajstić information content (AvgIpc) is 2.75. The van der Waals surface area contributed by atoms with Crippen LogP contribution in [0.15, 0.2) is 72.8 Å². The summed E-state index contributed by atoms with van der Waals surface area (Å²) in [6.45, 7) is 0.315. The lowest BCUT2D eigenvalue weighted by Gasteiger charge is -2.10. The van der Waals surface area contributed by atoms with Crippen LogP contribution in [-0.4, -0.2) is 25.5 Å². The van der Waals surface area contributed by atoms with Crippen LogP contribution >= 0.6 is 0 Å². The van der Waals surface area contributed by atoms with Gasteiger partial charge in [0.05, 0.1) is 12.8 Å². The molecule has 29 heavy (non-hydrogen) atoms. The second kappa shape index (κ2) is 9.50. The number of para-hydroxylation sites is 2. The predicted octanol–water partition coefficient (Wildman–Crippen LogP) is 4.06. The summed E-state index contributed by atoms with van der Waals surface area (Å²) < 4.78 is 18.8. The summed E-state index contributed by atoms with van der Waals surface area (Å²) in [5.41, 5.74) is 1.96. The zero-order chi connectivity index (χ0) is 20.6. The molecule has 2 N–H and O–H groups in total. The minimum atomic E-state index is -0.305. The molecule has 0 aliphatic rings. The van der Waals surface area contributed by atoms with Gasteiger partial charge in [-0.15, -0.1) is 0 Å². The fourth-order valence-electron chi connectivity index (χ4n) is 2.83. The minimum absolute atomic E-state index is 0.280. The lowest BCUT2D eigenvalue weighted by Crippen LogP contribution is -2.26. The van der Waals surface area contributed by atoms with Crippen molar-refractivity contribution in [2.45, 2.75) is 6.42 Å². The highest BCUT2D eigenvalue weighted by atomic mass is 19.1. The first-order chi connectivity index (χ1) is 14.1. The molecule has 0 saturated carbocycles. The Morgan fingerprint density at radius 2 is 1.48 bits per heavy atom. The highest BCUT2D eigenvalue weighted by Gasteiger charge is 2.11. The molecule has 0 spiro atoms. The molecule has 3 aromatic carbocycles. The highest BCUT2D eigenvalue weighted by Crippen LogP contribution is 2.23. The Balaban J connectivity index is 1.57. The molecule has 0 fully saturated rings. The summed E-state index contributed by atoms with van der Waals surface area (Å²) in [5, 5.41) is 5.54. The van der Waals surface area contributed by atoms with Crippen LogP contribution in [0.2, 0.25) is 0 Å². The van der Waals surface area contributed by atoms with Gasteiger partial charge in [0.1, 0.15) is 11.6 Å². The maximum absolute atomic E-state index is 13.6. The second-order valence-corrected chi connectivity index (χ2v) is 6.33. The van der Waals surface area contributed by atoms with Crippen molar-refractivity contribution in [1.29, 1.82) is 0 Å². The van der Waals surface area contributed by atoms with E-state index >= 15 is 0 Å². The molecule has 2 amide bonds. The molecule has 148 valence electrons. The number of nitrogens with one attached hydrogen (secondary N) is 2. The van der Waals surface area contributed by atoms with Crippen LogP contribution in [0.25, 0.3) is 0 Å².